The summed E-state index contributed by atoms with van der Waals surface area (Å²) in [6.45, 7) is 0.0714. The quantitative estimate of drug-likeness (QED) is 0.392. The number of carbonyl (C=O) groups excluding carboxylic acids is 1. The molecule has 7 nitrogen and oxygen atoms in total. The molecule has 2 unspecified atom stereocenters. The topological polar surface area (TPSA) is 116 Å². The van der Waals surface area contributed by atoms with Gasteiger partial charge in [0.05, 0.1) is 0 Å². The Bertz CT molecular complexity index is 623. The third kappa shape index (κ3) is 3.06. The lowest BCUT2D eigenvalue weighted by molar-refractivity contribution is -0.152. The first kappa shape index (κ1) is 16.2. The number of rotatable bonds is 4. The lowest BCUT2D eigenvalue weighted by atomic mass is 10.2. The maximum atomic E-state index is 12.3. The molecule has 1 aliphatic heterocycles. The van der Waals surface area contributed by atoms with Crippen molar-refractivity contribution in [2.75, 3.05) is 6.54 Å². The molecule has 0 radical (unpaired) electrons. The molecule has 4 N–H and O–H groups in total. The third-order valence-corrected chi connectivity index (χ3v) is 5.24. The molecule has 2 atom stereocenters. The second-order valence-electron chi connectivity index (χ2n) is 4.90. The van der Waals surface area contributed by atoms with Crippen LogP contribution in [0, 0.1) is 0 Å². The fourth-order valence-electron chi connectivity index (χ4n) is 2.31. The van der Waals surface area contributed by atoms with E-state index in [2.05, 4.69) is 12.6 Å². The Kier molecular flexibility index (Phi) is 4.59. The van der Waals surface area contributed by atoms with Crippen molar-refractivity contribution in [1.29, 1.82) is 0 Å². The number of ether oxygens (including phenoxy) is 1. The molecule has 0 spiro atoms. The molecule has 0 aromatic heterocycles. The standard InChI is InChI=1S/C12H17N3O4S2/c13-15-7-10(20)6-12(15,21(14,17)18)11(16)19-8-9-4-2-1-3-5-9/h1-5,10,20H,6-8,13H2,(H2,14,17,18). The number of hydrazine groups is 1. The summed E-state index contributed by atoms with van der Waals surface area (Å²) in [5.74, 6) is 4.71. The summed E-state index contributed by atoms with van der Waals surface area (Å²) in [6, 6.07) is 8.90. The number of benzene rings is 1. The van der Waals surface area contributed by atoms with Crippen LogP contribution in [0.25, 0.3) is 0 Å². The Morgan fingerprint density at radius 1 is 1.43 bits per heavy atom. The molecule has 0 aliphatic carbocycles. The summed E-state index contributed by atoms with van der Waals surface area (Å²) >= 11 is 4.18. The fraction of sp³-hybridized carbons (Fsp3) is 0.417. The van der Waals surface area contributed by atoms with Crippen molar-refractivity contribution in [2.45, 2.75) is 23.1 Å². The van der Waals surface area contributed by atoms with Crippen LogP contribution < -0.4 is 11.0 Å². The van der Waals surface area contributed by atoms with Gasteiger partial charge >= 0.3 is 5.97 Å². The summed E-state index contributed by atoms with van der Waals surface area (Å²) in [5, 5.41) is 5.73. The zero-order chi connectivity index (χ0) is 15.7. The highest BCUT2D eigenvalue weighted by Gasteiger charge is 2.59. The van der Waals surface area contributed by atoms with Crippen molar-refractivity contribution in [1.82, 2.24) is 5.01 Å². The normalized spacial score (nSPS) is 26.7. The van der Waals surface area contributed by atoms with Crippen LogP contribution in [0.15, 0.2) is 30.3 Å². The lowest BCUT2D eigenvalue weighted by Crippen LogP contribution is -2.61. The highest BCUT2D eigenvalue weighted by Crippen LogP contribution is 2.34. The average Bonchev–Trinajstić information content (AvgIpc) is 2.73. The van der Waals surface area contributed by atoms with Crippen LogP contribution in [0.5, 0.6) is 0 Å². The van der Waals surface area contributed by atoms with Gasteiger partial charge in [-0.1, -0.05) is 30.3 Å². The number of sulfonamides is 1. The smallest absolute Gasteiger partial charge is 0.345 e. The molecular weight excluding hydrogens is 314 g/mol. The number of nitrogens with zero attached hydrogens (tertiary/aromatic N) is 1. The molecule has 2 rings (SSSR count). The largest absolute Gasteiger partial charge is 0.459 e. The summed E-state index contributed by atoms with van der Waals surface area (Å²) in [5.41, 5.74) is 0.736. The van der Waals surface area contributed by atoms with Crippen LogP contribution in [0.4, 0.5) is 0 Å². The predicted molar refractivity (Wildman–Crippen MR) is 80.4 cm³/mol. The van der Waals surface area contributed by atoms with Gasteiger partial charge in [-0.15, -0.1) is 0 Å². The molecule has 9 heteroatoms. The first-order valence-electron chi connectivity index (χ1n) is 6.21. The van der Waals surface area contributed by atoms with E-state index in [9.17, 15) is 13.2 Å². The number of primary sulfonamides is 1. The molecule has 21 heavy (non-hydrogen) atoms. The molecule has 1 saturated heterocycles. The Morgan fingerprint density at radius 3 is 2.52 bits per heavy atom. The maximum absolute atomic E-state index is 12.3. The molecule has 1 aromatic rings. The minimum absolute atomic E-state index is 0.0536. The van der Waals surface area contributed by atoms with Gasteiger partial charge in [0.15, 0.2) is 0 Å². The van der Waals surface area contributed by atoms with E-state index >= 15 is 0 Å². The molecule has 0 bridgehead atoms. The van der Waals surface area contributed by atoms with Crippen molar-refractivity contribution in [3.8, 4) is 0 Å². The number of thiol groups is 1. The van der Waals surface area contributed by atoms with Gasteiger partial charge in [-0.05, 0) is 5.56 Å². The Labute approximate surface area is 128 Å². The Hall–Kier alpha value is -1.13. The van der Waals surface area contributed by atoms with Crippen LogP contribution in [0.3, 0.4) is 0 Å². The summed E-state index contributed by atoms with van der Waals surface area (Å²) in [4.78, 5) is 10.2. The third-order valence-electron chi connectivity index (χ3n) is 3.39. The SMILES string of the molecule is NN1CC(S)CC1(C(=O)OCc1ccccc1)S(N)(=O)=O. The van der Waals surface area contributed by atoms with Gasteiger partial charge in [-0.3, -0.25) is 5.84 Å². The summed E-state index contributed by atoms with van der Waals surface area (Å²) in [7, 11) is -4.27. The zero-order valence-electron chi connectivity index (χ0n) is 11.2. The van der Waals surface area contributed by atoms with E-state index in [1.807, 2.05) is 6.07 Å². The van der Waals surface area contributed by atoms with E-state index in [0.717, 1.165) is 10.6 Å². The molecule has 1 fully saturated rings. The average molecular weight is 331 g/mol. The molecule has 0 saturated carbocycles. The maximum Gasteiger partial charge on any atom is 0.345 e. The number of carbonyl (C=O) groups is 1. The highest BCUT2D eigenvalue weighted by atomic mass is 32.2. The zero-order valence-corrected chi connectivity index (χ0v) is 12.9. The van der Waals surface area contributed by atoms with E-state index in [4.69, 9.17) is 15.7 Å². The van der Waals surface area contributed by atoms with Gasteiger partial charge in [0.2, 0.25) is 14.9 Å². The molecule has 0 amide bonds. The Balaban J connectivity index is 2.21. The monoisotopic (exact) mass is 331 g/mol. The van der Waals surface area contributed by atoms with Crippen LogP contribution in [-0.4, -0.2) is 36.1 Å². The van der Waals surface area contributed by atoms with Crippen LogP contribution in [-0.2, 0) is 26.2 Å². The van der Waals surface area contributed by atoms with E-state index in [0.29, 0.717) is 0 Å². The van der Waals surface area contributed by atoms with Crippen LogP contribution in [0.1, 0.15) is 12.0 Å². The second-order valence-corrected chi connectivity index (χ2v) is 7.40. The van der Waals surface area contributed by atoms with Crippen molar-refractivity contribution < 1.29 is 17.9 Å². The van der Waals surface area contributed by atoms with Gasteiger partial charge < -0.3 is 4.74 Å². The predicted octanol–water partition coefficient (Wildman–Crippen LogP) is -0.408. The van der Waals surface area contributed by atoms with Crippen molar-refractivity contribution in [3.63, 3.8) is 0 Å². The molecule has 1 heterocycles. The van der Waals surface area contributed by atoms with Crippen LogP contribution >= 0.6 is 12.6 Å². The summed E-state index contributed by atoms with van der Waals surface area (Å²) < 4.78 is 28.9. The lowest BCUT2D eigenvalue weighted by Gasteiger charge is -2.30. The van der Waals surface area contributed by atoms with Crippen molar-refractivity contribution >= 4 is 28.6 Å². The van der Waals surface area contributed by atoms with E-state index in [1.165, 1.54) is 0 Å². The van der Waals surface area contributed by atoms with E-state index in [1.54, 1.807) is 24.3 Å². The number of esters is 1. The van der Waals surface area contributed by atoms with Crippen molar-refractivity contribution in [3.05, 3.63) is 35.9 Å². The van der Waals surface area contributed by atoms with Gasteiger partial charge in [0.25, 0.3) is 0 Å². The van der Waals surface area contributed by atoms with E-state index < -0.39 is 20.9 Å². The van der Waals surface area contributed by atoms with Gasteiger partial charge in [-0.2, -0.15) is 12.6 Å². The number of hydrogen-bond donors (Lipinski definition) is 3. The van der Waals surface area contributed by atoms with Gasteiger partial charge in [-0.25, -0.2) is 23.4 Å². The van der Waals surface area contributed by atoms with E-state index in [-0.39, 0.29) is 24.8 Å². The Morgan fingerprint density at radius 2 is 2.05 bits per heavy atom. The van der Waals surface area contributed by atoms with Gasteiger partial charge in [0.1, 0.15) is 6.61 Å². The second kappa shape index (κ2) is 5.93. The molecule has 116 valence electrons. The van der Waals surface area contributed by atoms with Crippen LogP contribution in [0.2, 0.25) is 0 Å². The van der Waals surface area contributed by atoms with Crippen molar-refractivity contribution in [2.24, 2.45) is 11.0 Å². The molecular formula is C12H17N3O4S2. The molecule has 1 aliphatic rings. The number of hydrogen-bond acceptors (Lipinski definition) is 7. The number of nitrogens with two attached hydrogens (primary N) is 2. The first-order valence-corrected chi connectivity index (χ1v) is 8.27. The highest BCUT2D eigenvalue weighted by molar-refractivity contribution is 7.91. The molecule has 1 aromatic carbocycles. The fourth-order valence-corrected chi connectivity index (χ4v) is 4.00. The minimum Gasteiger partial charge on any atom is -0.459 e. The first-order chi connectivity index (χ1) is 9.77. The van der Waals surface area contributed by atoms with Gasteiger partial charge in [0, 0.05) is 18.2 Å². The summed E-state index contributed by atoms with van der Waals surface area (Å²) in [6.07, 6.45) is -0.112. The minimum atomic E-state index is -4.27.